The molecular weight excluding hydrogens is 348 g/mol. The van der Waals surface area contributed by atoms with Gasteiger partial charge in [0, 0.05) is 19.0 Å². The van der Waals surface area contributed by atoms with Gasteiger partial charge in [0.1, 0.15) is 17.1 Å². The van der Waals surface area contributed by atoms with Crippen LogP contribution >= 0.6 is 0 Å². The second-order valence-electron chi connectivity index (χ2n) is 7.25. The molecule has 4 heterocycles. The number of ether oxygens (including phenoxy) is 2. The molecule has 4 rings (SSSR count). The Morgan fingerprint density at radius 2 is 2.37 bits per heavy atom. The predicted molar refractivity (Wildman–Crippen MR) is 97.4 cm³/mol. The zero-order valence-electron chi connectivity index (χ0n) is 15.4. The van der Waals surface area contributed by atoms with Crippen molar-refractivity contribution >= 4 is 11.7 Å². The van der Waals surface area contributed by atoms with Gasteiger partial charge >= 0.3 is 0 Å². The van der Waals surface area contributed by atoms with Gasteiger partial charge in [-0.25, -0.2) is 4.98 Å². The molecule has 2 aromatic rings. The fourth-order valence-corrected chi connectivity index (χ4v) is 3.64. The van der Waals surface area contributed by atoms with Crippen molar-refractivity contribution < 1.29 is 14.3 Å². The molecule has 2 N–H and O–H groups in total. The Labute approximate surface area is 157 Å². The first-order valence-corrected chi connectivity index (χ1v) is 9.17. The van der Waals surface area contributed by atoms with Gasteiger partial charge < -0.3 is 24.7 Å². The largest absolute Gasteiger partial charge is 0.377 e. The van der Waals surface area contributed by atoms with E-state index >= 15 is 0 Å². The lowest BCUT2D eigenvalue weighted by Crippen LogP contribution is -2.46. The smallest absolute Gasteiger partial charge is 0.272 e. The van der Waals surface area contributed by atoms with E-state index in [0.29, 0.717) is 44.5 Å². The molecule has 1 amide bonds. The van der Waals surface area contributed by atoms with Gasteiger partial charge in [-0.05, 0) is 25.5 Å². The van der Waals surface area contributed by atoms with Gasteiger partial charge in [0.2, 0.25) is 0 Å². The SMILES string of the molecule is Cc1ccc(NCC2COC3(COCCN(C(=O)c4cnc[nH]4)C3)C2)nn1. The number of hydrogen-bond acceptors (Lipinski definition) is 7. The molecule has 0 aliphatic carbocycles. The Hall–Kier alpha value is -2.52. The molecule has 2 aromatic heterocycles. The normalized spacial score (nSPS) is 25.5. The summed E-state index contributed by atoms with van der Waals surface area (Å²) in [7, 11) is 0. The van der Waals surface area contributed by atoms with Crippen LogP contribution in [0.1, 0.15) is 22.6 Å². The van der Waals surface area contributed by atoms with Gasteiger partial charge in [-0.2, -0.15) is 5.10 Å². The zero-order valence-corrected chi connectivity index (χ0v) is 15.4. The van der Waals surface area contributed by atoms with Crippen LogP contribution in [0.2, 0.25) is 0 Å². The van der Waals surface area contributed by atoms with Gasteiger partial charge in [-0.1, -0.05) is 0 Å². The summed E-state index contributed by atoms with van der Waals surface area (Å²) < 4.78 is 11.9. The molecule has 144 valence electrons. The fraction of sp³-hybridized carbons (Fsp3) is 0.556. The number of H-pyrrole nitrogens is 1. The number of anilines is 1. The maximum Gasteiger partial charge on any atom is 0.272 e. The number of amides is 1. The summed E-state index contributed by atoms with van der Waals surface area (Å²) in [5, 5.41) is 11.5. The first kappa shape index (κ1) is 17.9. The highest BCUT2D eigenvalue weighted by molar-refractivity contribution is 5.92. The second kappa shape index (κ2) is 7.61. The molecule has 2 aliphatic heterocycles. The van der Waals surface area contributed by atoms with Crippen LogP contribution in [0.5, 0.6) is 0 Å². The number of aryl methyl sites for hydroxylation is 1. The Kier molecular flexibility index (Phi) is 5.04. The third-order valence-corrected chi connectivity index (χ3v) is 5.02. The van der Waals surface area contributed by atoms with Crippen molar-refractivity contribution in [2.24, 2.45) is 5.92 Å². The fourth-order valence-electron chi connectivity index (χ4n) is 3.64. The Morgan fingerprint density at radius 1 is 1.44 bits per heavy atom. The Morgan fingerprint density at radius 3 is 3.15 bits per heavy atom. The molecule has 27 heavy (non-hydrogen) atoms. The number of aromatic amines is 1. The molecule has 0 bridgehead atoms. The molecule has 9 heteroatoms. The summed E-state index contributed by atoms with van der Waals surface area (Å²) >= 11 is 0. The minimum atomic E-state index is -0.461. The van der Waals surface area contributed by atoms with Crippen molar-refractivity contribution in [1.29, 1.82) is 0 Å². The highest BCUT2D eigenvalue weighted by atomic mass is 16.5. The van der Waals surface area contributed by atoms with Gasteiger partial charge in [-0.3, -0.25) is 4.79 Å². The molecule has 2 aliphatic rings. The maximum absolute atomic E-state index is 12.7. The van der Waals surface area contributed by atoms with Crippen molar-refractivity contribution in [1.82, 2.24) is 25.1 Å². The van der Waals surface area contributed by atoms with Crippen LogP contribution < -0.4 is 5.32 Å². The standard InChI is InChI=1S/C18H24N6O3/c1-13-2-3-16(23-22-13)20-7-14-6-18(27-9-14)10-24(4-5-26-11-18)17(25)15-8-19-12-21-15/h2-3,8,12,14H,4-7,9-11H2,1H3,(H,19,21)(H,20,23). The van der Waals surface area contributed by atoms with Crippen LogP contribution in [-0.4, -0.2) is 76.0 Å². The van der Waals surface area contributed by atoms with Crippen molar-refractivity contribution in [3.63, 3.8) is 0 Å². The number of carbonyl (C=O) groups is 1. The van der Waals surface area contributed by atoms with E-state index in [-0.39, 0.29) is 5.91 Å². The summed E-state index contributed by atoms with van der Waals surface area (Å²) in [6, 6.07) is 3.85. The molecule has 2 fully saturated rings. The van der Waals surface area contributed by atoms with E-state index in [1.807, 2.05) is 19.1 Å². The zero-order chi connectivity index (χ0) is 18.7. The maximum atomic E-state index is 12.7. The number of imidazole rings is 1. The van der Waals surface area contributed by atoms with Crippen molar-refractivity contribution in [3.05, 3.63) is 36.0 Å². The average Bonchev–Trinajstić information content (AvgIpc) is 3.29. The number of rotatable bonds is 4. The van der Waals surface area contributed by atoms with Crippen LogP contribution in [0.25, 0.3) is 0 Å². The molecule has 2 saturated heterocycles. The lowest BCUT2D eigenvalue weighted by Gasteiger charge is -2.31. The Bertz CT molecular complexity index is 766. The lowest BCUT2D eigenvalue weighted by molar-refractivity contribution is -0.0538. The van der Waals surface area contributed by atoms with E-state index < -0.39 is 5.60 Å². The molecule has 9 nitrogen and oxygen atoms in total. The highest BCUT2D eigenvalue weighted by Crippen LogP contribution is 2.33. The van der Waals surface area contributed by atoms with Crippen LogP contribution in [-0.2, 0) is 9.47 Å². The third kappa shape index (κ3) is 4.09. The molecular formula is C18H24N6O3. The van der Waals surface area contributed by atoms with Crippen molar-refractivity contribution in [2.45, 2.75) is 18.9 Å². The summed E-state index contributed by atoms with van der Waals surface area (Å²) in [6.45, 7) is 5.35. The third-order valence-electron chi connectivity index (χ3n) is 5.02. The number of aromatic nitrogens is 4. The predicted octanol–water partition coefficient (Wildman–Crippen LogP) is 0.868. The Balaban J connectivity index is 1.37. The minimum absolute atomic E-state index is 0.0718. The minimum Gasteiger partial charge on any atom is -0.377 e. The van der Waals surface area contributed by atoms with E-state index in [0.717, 1.165) is 24.5 Å². The number of nitrogens with zero attached hydrogens (tertiary/aromatic N) is 4. The van der Waals surface area contributed by atoms with Gasteiger partial charge in [0.15, 0.2) is 0 Å². The number of nitrogens with one attached hydrogen (secondary N) is 2. The quantitative estimate of drug-likeness (QED) is 0.820. The topological polar surface area (TPSA) is 105 Å². The molecule has 0 radical (unpaired) electrons. The summed E-state index contributed by atoms with van der Waals surface area (Å²) in [6.07, 6.45) is 3.89. The van der Waals surface area contributed by atoms with Crippen molar-refractivity contribution in [3.8, 4) is 0 Å². The van der Waals surface area contributed by atoms with Crippen molar-refractivity contribution in [2.75, 3.05) is 44.8 Å². The molecule has 0 saturated carbocycles. The van der Waals surface area contributed by atoms with E-state index in [1.54, 1.807) is 11.1 Å². The van der Waals surface area contributed by atoms with Gasteiger partial charge in [-0.15, -0.1) is 5.10 Å². The molecule has 2 unspecified atom stereocenters. The van der Waals surface area contributed by atoms with E-state index in [2.05, 4.69) is 25.5 Å². The van der Waals surface area contributed by atoms with E-state index in [9.17, 15) is 4.79 Å². The molecule has 1 spiro atoms. The van der Waals surface area contributed by atoms with Crippen LogP contribution in [0.4, 0.5) is 5.82 Å². The monoisotopic (exact) mass is 372 g/mol. The number of carbonyl (C=O) groups excluding carboxylic acids is 1. The lowest BCUT2D eigenvalue weighted by atomic mass is 9.94. The average molecular weight is 372 g/mol. The van der Waals surface area contributed by atoms with E-state index in [4.69, 9.17) is 9.47 Å². The summed E-state index contributed by atoms with van der Waals surface area (Å²) in [5.41, 5.74) is 0.917. The molecule has 2 atom stereocenters. The van der Waals surface area contributed by atoms with Crippen LogP contribution in [0.15, 0.2) is 24.7 Å². The summed E-state index contributed by atoms with van der Waals surface area (Å²) in [4.78, 5) is 21.3. The van der Waals surface area contributed by atoms with Gasteiger partial charge in [0.05, 0.1) is 44.6 Å². The first-order valence-electron chi connectivity index (χ1n) is 9.17. The second-order valence-corrected chi connectivity index (χ2v) is 7.25. The number of hydrogen-bond donors (Lipinski definition) is 2. The van der Waals surface area contributed by atoms with E-state index in [1.165, 1.54) is 6.33 Å². The molecule has 0 aromatic carbocycles. The van der Waals surface area contributed by atoms with Gasteiger partial charge in [0.25, 0.3) is 5.91 Å². The summed E-state index contributed by atoms with van der Waals surface area (Å²) in [5.74, 6) is 1.01. The van der Waals surface area contributed by atoms with Crippen LogP contribution in [0.3, 0.4) is 0 Å². The van der Waals surface area contributed by atoms with Crippen LogP contribution in [0, 0.1) is 12.8 Å². The highest BCUT2D eigenvalue weighted by Gasteiger charge is 2.44. The first-order chi connectivity index (χ1) is 13.1.